The van der Waals surface area contributed by atoms with Crippen LogP contribution in [0, 0.1) is 0 Å². The average molecular weight is 465 g/mol. The average Bonchev–Trinajstić information content (AvgIpc) is 2.59. The molecule has 0 aliphatic carbocycles. The van der Waals surface area contributed by atoms with Gasteiger partial charge in [0.15, 0.2) is 5.96 Å². The summed E-state index contributed by atoms with van der Waals surface area (Å²) < 4.78 is 11.0. The Morgan fingerprint density at radius 1 is 1.00 bits per heavy atom. The molecule has 25 heavy (non-hydrogen) atoms. The Balaban J connectivity index is 0.00000576. The lowest BCUT2D eigenvalue weighted by atomic mass is 10.2. The minimum absolute atomic E-state index is 0. The quantitative estimate of drug-likeness (QED) is 0.192. The molecule has 1 rings (SSSR count). The Kier molecular flexibility index (Phi) is 15.7. The van der Waals surface area contributed by atoms with E-state index in [-0.39, 0.29) is 29.7 Å². The van der Waals surface area contributed by atoms with Gasteiger partial charge in [0.1, 0.15) is 5.75 Å². The molecular formula is C18H32IN3O3. The first-order valence-corrected chi connectivity index (χ1v) is 8.71. The van der Waals surface area contributed by atoms with Crippen LogP contribution in [0.2, 0.25) is 0 Å². The first-order chi connectivity index (χ1) is 11.8. The monoisotopic (exact) mass is 465 g/mol. The van der Waals surface area contributed by atoms with Crippen LogP contribution >= 0.6 is 24.0 Å². The predicted octanol–water partition coefficient (Wildman–Crippen LogP) is 2.90. The molecule has 144 valence electrons. The number of phenols is 1. The van der Waals surface area contributed by atoms with Crippen LogP contribution in [0.5, 0.6) is 5.75 Å². The summed E-state index contributed by atoms with van der Waals surface area (Å²) in [4.78, 5) is 4.51. The van der Waals surface area contributed by atoms with Crippen molar-refractivity contribution in [3.63, 3.8) is 0 Å². The van der Waals surface area contributed by atoms with Crippen molar-refractivity contribution in [3.8, 4) is 5.75 Å². The summed E-state index contributed by atoms with van der Waals surface area (Å²) in [5, 5.41) is 15.7. The molecule has 0 fully saturated rings. The molecule has 0 amide bonds. The van der Waals surface area contributed by atoms with Crippen molar-refractivity contribution >= 4 is 29.9 Å². The number of aromatic hydroxyl groups is 1. The van der Waals surface area contributed by atoms with Gasteiger partial charge in [-0.3, -0.25) is 0 Å². The second kappa shape index (κ2) is 16.4. The molecule has 0 atom stereocenters. The highest BCUT2D eigenvalue weighted by Gasteiger charge is 1.98. The Morgan fingerprint density at radius 2 is 1.68 bits per heavy atom. The molecular weight excluding hydrogens is 433 g/mol. The predicted molar refractivity (Wildman–Crippen MR) is 113 cm³/mol. The molecule has 0 aromatic heterocycles. The summed E-state index contributed by atoms with van der Waals surface area (Å²) >= 11 is 0. The fourth-order valence-electron chi connectivity index (χ4n) is 1.92. The lowest BCUT2D eigenvalue weighted by molar-refractivity contribution is 0.0487. The summed E-state index contributed by atoms with van der Waals surface area (Å²) in [7, 11) is 0. The van der Waals surface area contributed by atoms with Gasteiger partial charge in [-0.1, -0.05) is 25.5 Å². The Hall–Kier alpha value is -1.06. The fraction of sp³-hybridized carbons (Fsp3) is 0.611. The number of ether oxygens (including phenoxy) is 2. The maximum absolute atomic E-state index is 9.28. The number of nitrogens with zero attached hydrogens (tertiary/aromatic N) is 1. The number of hydrogen-bond donors (Lipinski definition) is 3. The van der Waals surface area contributed by atoms with Crippen LogP contribution in [-0.2, 0) is 16.0 Å². The Morgan fingerprint density at radius 3 is 2.32 bits per heavy atom. The number of nitrogens with one attached hydrogen (secondary N) is 2. The fourth-order valence-corrected chi connectivity index (χ4v) is 1.92. The van der Waals surface area contributed by atoms with Crippen LogP contribution in [0.3, 0.4) is 0 Å². The minimum atomic E-state index is 0. The molecule has 0 spiro atoms. The Labute approximate surface area is 168 Å². The van der Waals surface area contributed by atoms with Crippen LogP contribution < -0.4 is 10.6 Å². The van der Waals surface area contributed by atoms with E-state index in [9.17, 15) is 5.11 Å². The molecule has 6 nitrogen and oxygen atoms in total. The second-order valence-electron chi connectivity index (χ2n) is 5.37. The third kappa shape index (κ3) is 12.9. The van der Waals surface area contributed by atoms with E-state index in [1.54, 1.807) is 12.1 Å². The molecule has 0 aliphatic heterocycles. The third-order valence-corrected chi connectivity index (χ3v) is 3.25. The van der Waals surface area contributed by atoms with Crippen LogP contribution in [0.4, 0.5) is 0 Å². The molecule has 0 radical (unpaired) electrons. The lowest BCUT2D eigenvalue weighted by Crippen LogP contribution is -2.39. The topological polar surface area (TPSA) is 75.1 Å². The number of phenolic OH excluding ortho intramolecular Hbond substituents is 1. The minimum Gasteiger partial charge on any atom is -0.508 e. The maximum atomic E-state index is 9.28. The van der Waals surface area contributed by atoms with Gasteiger partial charge in [0.25, 0.3) is 0 Å². The SMILES string of the molecule is CCCCOCCOCCNC(=NCc1ccc(O)cc1)NCC.I. The van der Waals surface area contributed by atoms with Crippen molar-refractivity contribution in [1.82, 2.24) is 10.6 Å². The molecule has 1 aromatic rings. The van der Waals surface area contributed by atoms with Crippen LogP contribution in [0.25, 0.3) is 0 Å². The van der Waals surface area contributed by atoms with E-state index >= 15 is 0 Å². The molecule has 0 saturated carbocycles. The molecule has 3 N–H and O–H groups in total. The standard InChI is InChI=1S/C18H31N3O3.HI/c1-3-5-11-23-13-14-24-12-10-20-18(19-4-2)21-15-16-6-8-17(22)9-7-16;/h6-9,22H,3-5,10-15H2,1-2H3,(H2,19,20,21);1H. The summed E-state index contributed by atoms with van der Waals surface area (Å²) in [5.74, 6) is 1.02. The molecule has 0 saturated heterocycles. The van der Waals surface area contributed by atoms with E-state index in [1.165, 1.54) is 0 Å². The van der Waals surface area contributed by atoms with Gasteiger partial charge in [-0.2, -0.15) is 0 Å². The summed E-state index contributed by atoms with van der Waals surface area (Å²) in [5.41, 5.74) is 1.05. The van der Waals surface area contributed by atoms with Crippen LogP contribution in [-0.4, -0.2) is 50.6 Å². The van der Waals surface area contributed by atoms with Gasteiger partial charge < -0.3 is 25.2 Å². The second-order valence-corrected chi connectivity index (χ2v) is 5.37. The lowest BCUT2D eigenvalue weighted by Gasteiger charge is -2.11. The number of rotatable bonds is 12. The largest absolute Gasteiger partial charge is 0.508 e. The third-order valence-electron chi connectivity index (χ3n) is 3.25. The smallest absolute Gasteiger partial charge is 0.191 e. The van der Waals surface area contributed by atoms with Crippen molar-refractivity contribution in [2.45, 2.75) is 33.2 Å². The van der Waals surface area contributed by atoms with Gasteiger partial charge in [-0.15, -0.1) is 24.0 Å². The summed E-state index contributed by atoms with van der Waals surface area (Å²) in [6.45, 7) is 8.92. The molecule has 0 bridgehead atoms. The van der Waals surface area contributed by atoms with Gasteiger partial charge in [-0.05, 0) is 31.0 Å². The molecule has 0 aliphatic rings. The summed E-state index contributed by atoms with van der Waals surface area (Å²) in [6, 6.07) is 7.07. The first-order valence-electron chi connectivity index (χ1n) is 8.71. The number of aliphatic imine (C=N–C) groups is 1. The number of guanidine groups is 1. The van der Waals surface area contributed by atoms with E-state index < -0.39 is 0 Å². The van der Waals surface area contributed by atoms with Gasteiger partial charge in [0.05, 0.1) is 26.4 Å². The normalized spacial score (nSPS) is 11.0. The van der Waals surface area contributed by atoms with Crippen molar-refractivity contribution in [2.24, 2.45) is 4.99 Å². The number of unbranched alkanes of at least 4 members (excludes halogenated alkanes) is 1. The maximum Gasteiger partial charge on any atom is 0.191 e. The van der Waals surface area contributed by atoms with E-state index in [0.717, 1.165) is 37.5 Å². The van der Waals surface area contributed by atoms with Gasteiger partial charge in [0, 0.05) is 19.7 Å². The first kappa shape index (κ1) is 23.9. The highest BCUT2D eigenvalue weighted by molar-refractivity contribution is 14.0. The zero-order valence-corrected chi connectivity index (χ0v) is 17.6. The van der Waals surface area contributed by atoms with E-state index in [0.29, 0.717) is 32.9 Å². The van der Waals surface area contributed by atoms with Crippen molar-refractivity contribution in [3.05, 3.63) is 29.8 Å². The van der Waals surface area contributed by atoms with Crippen LogP contribution in [0.1, 0.15) is 32.3 Å². The number of halogens is 1. The Bertz CT molecular complexity index is 455. The highest BCUT2D eigenvalue weighted by Crippen LogP contribution is 2.10. The van der Waals surface area contributed by atoms with Crippen molar-refractivity contribution < 1.29 is 14.6 Å². The van der Waals surface area contributed by atoms with Crippen molar-refractivity contribution in [2.75, 3.05) is 39.5 Å². The van der Waals surface area contributed by atoms with Gasteiger partial charge >= 0.3 is 0 Å². The number of benzene rings is 1. The zero-order valence-electron chi connectivity index (χ0n) is 15.3. The zero-order chi connectivity index (χ0) is 17.5. The molecule has 0 unspecified atom stereocenters. The van der Waals surface area contributed by atoms with E-state index in [2.05, 4.69) is 22.5 Å². The summed E-state index contributed by atoms with van der Waals surface area (Å²) in [6.07, 6.45) is 2.26. The molecule has 0 heterocycles. The van der Waals surface area contributed by atoms with E-state index in [4.69, 9.17) is 9.47 Å². The highest BCUT2D eigenvalue weighted by atomic mass is 127. The molecule has 1 aromatic carbocycles. The van der Waals surface area contributed by atoms with Crippen molar-refractivity contribution in [1.29, 1.82) is 0 Å². The molecule has 7 heteroatoms. The van der Waals surface area contributed by atoms with Crippen LogP contribution in [0.15, 0.2) is 29.3 Å². The van der Waals surface area contributed by atoms with E-state index in [1.807, 2.05) is 19.1 Å². The number of hydrogen-bond acceptors (Lipinski definition) is 4. The van der Waals surface area contributed by atoms with Gasteiger partial charge in [0.2, 0.25) is 0 Å². The van der Waals surface area contributed by atoms with Gasteiger partial charge in [-0.25, -0.2) is 4.99 Å².